The summed E-state index contributed by atoms with van der Waals surface area (Å²) < 4.78 is 5.80. The Bertz CT molecular complexity index is 518. The van der Waals surface area contributed by atoms with Gasteiger partial charge in [-0.3, -0.25) is 0 Å². The fraction of sp³-hybridized carbons (Fsp3) is 0.250. The van der Waals surface area contributed by atoms with E-state index in [4.69, 9.17) is 9.84 Å². The quantitative estimate of drug-likeness (QED) is 0.874. The van der Waals surface area contributed by atoms with Crippen molar-refractivity contribution in [3.05, 3.63) is 59.7 Å². The Hall–Kier alpha value is -1.80. The second-order valence-electron chi connectivity index (χ2n) is 4.63. The summed E-state index contributed by atoms with van der Waals surface area (Å²) in [7, 11) is 0. The second kappa shape index (κ2) is 5.69. The highest BCUT2D eigenvalue weighted by Gasteiger charge is 2.02. The number of hydrogen-bond acceptors (Lipinski definition) is 2. The van der Waals surface area contributed by atoms with Gasteiger partial charge in [-0.1, -0.05) is 38.1 Å². The van der Waals surface area contributed by atoms with Crippen molar-refractivity contribution < 1.29 is 9.84 Å². The first-order valence-electron chi connectivity index (χ1n) is 6.16. The molecular formula is C16H18O2. The average molecular weight is 242 g/mol. The molecule has 0 radical (unpaired) electrons. The van der Waals surface area contributed by atoms with E-state index >= 15 is 0 Å². The maximum atomic E-state index is 9.09. The van der Waals surface area contributed by atoms with Gasteiger partial charge in [0.15, 0.2) is 0 Å². The summed E-state index contributed by atoms with van der Waals surface area (Å²) in [6, 6.07) is 15.6. The zero-order valence-electron chi connectivity index (χ0n) is 10.8. The van der Waals surface area contributed by atoms with Crippen LogP contribution in [0.3, 0.4) is 0 Å². The van der Waals surface area contributed by atoms with Crippen LogP contribution >= 0.6 is 0 Å². The predicted octanol–water partition coefficient (Wildman–Crippen LogP) is 4.09. The molecule has 0 fully saturated rings. The molecule has 0 aliphatic carbocycles. The van der Waals surface area contributed by atoms with Gasteiger partial charge >= 0.3 is 0 Å². The van der Waals surface area contributed by atoms with E-state index in [1.165, 1.54) is 5.56 Å². The zero-order chi connectivity index (χ0) is 13.0. The predicted molar refractivity (Wildman–Crippen MR) is 73.0 cm³/mol. The van der Waals surface area contributed by atoms with Crippen molar-refractivity contribution in [3.63, 3.8) is 0 Å². The SMILES string of the molecule is CC(C)c1cccc(Oc2cccc(CO)c2)c1. The molecule has 2 rings (SSSR count). The lowest BCUT2D eigenvalue weighted by molar-refractivity contribution is 0.281. The Morgan fingerprint density at radius 1 is 1.00 bits per heavy atom. The van der Waals surface area contributed by atoms with Crippen LogP contribution in [0.15, 0.2) is 48.5 Å². The van der Waals surface area contributed by atoms with Gasteiger partial charge in [0.1, 0.15) is 11.5 Å². The Kier molecular flexibility index (Phi) is 4.00. The van der Waals surface area contributed by atoms with E-state index < -0.39 is 0 Å². The maximum absolute atomic E-state index is 9.09. The summed E-state index contributed by atoms with van der Waals surface area (Å²) in [4.78, 5) is 0. The number of aliphatic hydroxyl groups is 1. The lowest BCUT2D eigenvalue weighted by atomic mass is 10.0. The minimum Gasteiger partial charge on any atom is -0.457 e. The van der Waals surface area contributed by atoms with Crippen LogP contribution in [-0.2, 0) is 6.61 Å². The molecule has 0 aliphatic heterocycles. The maximum Gasteiger partial charge on any atom is 0.127 e. The fourth-order valence-corrected chi connectivity index (χ4v) is 1.78. The topological polar surface area (TPSA) is 29.5 Å². The van der Waals surface area contributed by atoms with Gasteiger partial charge in [0.05, 0.1) is 6.61 Å². The first kappa shape index (κ1) is 12.7. The number of rotatable bonds is 4. The fourth-order valence-electron chi connectivity index (χ4n) is 1.78. The summed E-state index contributed by atoms with van der Waals surface area (Å²) in [5, 5.41) is 9.09. The van der Waals surface area contributed by atoms with Crippen molar-refractivity contribution >= 4 is 0 Å². The molecule has 94 valence electrons. The molecule has 0 atom stereocenters. The number of ether oxygens (including phenoxy) is 1. The minimum atomic E-state index is 0.0310. The van der Waals surface area contributed by atoms with Gasteiger partial charge in [-0.25, -0.2) is 0 Å². The Morgan fingerprint density at radius 3 is 2.33 bits per heavy atom. The van der Waals surface area contributed by atoms with Crippen LogP contribution in [0.5, 0.6) is 11.5 Å². The molecule has 2 nitrogen and oxygen atoms in total. The highest BCUT2D eigenvalue weighted by molar-refractivity contribution is 5.36. The number of benzene rings is 2. The van der Waals surface area contributed by atoms with Gasteiger partial charge in [-0.05, 0) is 41.3 Å². The van der Waals surface area contributed by atoms with E-state index in [1.54, 1.807) is 0 Å². The van der Waals surface area contributed by atoms with E-state index in [2.05, 4.69) is 26.0 Å². The van der Waals surface area contributed by atoms with Crippen molar-refractivity contribution in [2.75, 3.05) is 0 Å². The third-order valence-electron chi connectivity index (χ3n) is 2.84. The first-order valence-corrected chi connectivity index (χ1v) is 6.16. The number of aliphatic hydroxyl groups excluding tert-OH is 1. The molecule has 2 aromatic carbocycles. The van der Waals surface area contributed by atoms with E-state index in [1.807, 2.05) is 36.4 Å². The van der Waals surface area contributed by atoms with Crippen LogP contribution in [-0.4, -0.2) is 5.11 Å². The van der Waals surface area contributed by atoms with Gasteiger partial charge in [0, 0.05) is 0 Å². The summed E-state index contributed by atoms with van der Waals surface area (Å²) in [5.41, 5.74) is 2.11. The molecule has 0 saturated heterocycles. The summed E-state index contributed by atoms with van der Waals surface area (Å²) in [6.07, 6.45) is 0. The molecule has 0 aliphatic rings. The first-order chi connectivity index (χ1) is 8.69. The average Bonchev–Trinajstić information content (AvgIpc) is 2.39. The van der Waals surface area contributed by atoms with Crippen molar-refractivity contribution in [2.45, 2.75) is 26.4 Å². The molecule has 0 amide bonds. The monoisotopic (exact) mass is 242 g/mol. The lowest BCUT2D eigenvalue weighted by Gasteiger charge is -2.10. The highest BCUT2D eigenvalue weighted by atomic mass is 16.5. The Balaban J connectivity index is 2.20. The van der Waals surface area contributed by atoms with Crippen LogP contribution in [0, 0.1) is 0 Å². The standard InChI is InChI=1S/C16H18O2/c1-12(2)14-6-4-8-16(10-14)18-15-7-3-5-13(9-15)11-17/h3-10,12,17H,11H2,1-2H3. The van der Waals surface area contributed by atoms with E-state index in [0.29, 0.717) is 5.92 Å². The Morgan fingerprint density at radius 2 is 1.67 bits per heavy atom. The number of hydrogen-bond donors (Lipinski definition) is 1. The Labute approximate surface area is 108 Å². The summed E-state index contributed by atoms with van der Waals surface area (Å²) in [6.45, 7) is 4.35. The highest BCUT2D eigenvalue weighted by Crippen LogP contribution is 2.25. The van der Waals surface area contributed by atoms with Crippen molar-refractivity contribution in [2.24, 2.45) is 0 Å². The minimum absolute atomic E-state index is 0.0310. The lowest BCUT2D eigenvalue weighted by Crippen LogP contribution is -1.90. The van der Waals surface area contributed by atoms with Gasteiger partial charge in [0.2, 0.25) is 0 Å². The molecule has 2 heteroatoms. The van der Waals surface area contributed by atoms with Gasteiger partial charge in [0.25, 0.3) is 0 Å². The molecule has 1 N–H and O–H groups in total. The molecule has 18 heavy (non-hydrogen) atoms. The zero-order valence-corrected chi connectivity index (χ0v) is 10.8. The van der Waals surface area contributed by atoms with Crippen LogP contribution in [0.1, 0.15) is 30.9 Å². The largest absolute Gasteiger partial charge is 0.457 e. The van der Waals surface area contributed by atoms with Gasteiger partial charge in [-0.15, -0.1) is 0 Å². The van der Waals surface area contributed by atoms with Crippen LogP contribution in [0.25, 0.3) is 0 Å². The van der Waals surface area contributed by atoms with Crippen LogP contribution in [0.4, 0.5) is 0 Å². The molecule has 0 heterocycles. The van der Waals surface area contributed by atoms with E-state index in [0.717, 1.165) is 17.1 Å². The third kappa shape index (κ3) is 3.11. The van der Waals surface area contributed by atoms with Gasteiger partial charge < -0.3 is 9.84 Å². The smallest absolute Gasteiger partial charge is 0.127 e. The van der Waals surface area contributed by atoms with Crippen molar-refractivity contribution in [1.29, 1.82) is 0 Å². The summed E-state index contributed by atoms with van der Waals surface area (Å²) >= 11 is 0. The second-order valence-corrected chi connectivity index (χ2v) is 4.63. The molecule has 0 saturated carbocycles. The van der Waals surface area contributed by atoms with E-state index in [9.17, 15) is 0 Å². The van der Waals surface area contributed by atoms with E-state index in [-0.39, 0.29) is 6.61 Å². The van der Waals surface area contributed by atoms with Crippen LogP contribution in [0.2, 0.25) is 0 Å². The molecule has 2 aromatic rings. The molecular weight excluding hydrogens is 224 g/mol. The van der Waals surface area contributed by atoms with Crippen LogP contribution < -0.4 is 4.74 Å². The molecule has 0 spiro atoms. The van der Waals surface area contributed by atoms with Crippen molar-refractivity contribution in [3.8, 4) is 11.5 Å². The normalized spacial score (nSPS) is 10.7. The van der Waals surface area contributed by atoms with Gasteiger partial charge in [-0.2, -0.15) is 0 Å². The summed E-state index contributed by atoms with van der Waals surface area (Å²) in [5.74, 6) is 2.07. The molecule has 0 bridgehead atoms. The third-order valence-corrected chi connectivity index (χ3v) is 2.84. The molecule has 0 unspecified atom stereocenters. The van der Waals surface area contributed by atoms with Crippen molar-refractivity contribution in [1.82, 2.24) is 0 Å². The molecule has 0 aromatic heterocycles.